The highest BCUT2D eigenvalue weighted by atomic mass is 32.2. The van der Waals surface area contributed by atoms with Crippen LogP contribution in [0.3, 0.4) is 0 Å². The van der Waals surface area contributed by atoms with E-state index in [0.717, 1.165) is 42.9 Å². The predicted molar refractivity (Wildman–Crippen MR) is 107 cm³/mol. The van der Waals surface area contributed by atoms with Crippen molar-refractivity contribution in [2.24, 2.45) is 5.14 Å². The van der Waals surface area contributed by atoms with Crippen molar-refractivity contribution in [1.29, 1.82) is 0 Å². The molecule has 7 heteroatoms. The summed E-state index contributed by atoms with van der Waals surface area (Å²) in [4.78, 5) is 0. The summed E-state index contributed by atoms with van der Waals surface area (Å²) in [5, 5.41) is 9.30. The third-order valence-corrected chi connectivity index (χ3v) is 7.36. The first kappa shape index (κ1) is 18.4. The third-order valence-electron chi connectivity index (χ3n) is 5.95. The highest BCUT2D eigenvalue weighted by Gasteiger charge is 2.60. The standard InChI is InChI=1S/C20H26N3O3S/c1-2-26-17-9-7-16(8-10-17)23(27(21,24)25)15-20(11-13-22-14-12-20)18-5-3-4-6-19(18)23/h3-10,22H,2,11-15H2,1H3,(H2,21,24,25)/q+1. The Hall–Kier alpha value is -1.93. The van der Waals surface area contributed by atoms with Crippen molar-refractivity contribution in [3.63, 3.8) is 0 Å². The fraction of sp³-hybridized carbons (Fsp3) is 0.400. The maximum atomic E-state index is 13.1. The van der Waals surface area contributed by atoms with E-state index in [9.17, 15) is 8.42 Å². The minimum Gasteiger partial charge on any atom is -0.494 e. The smallest absolute Gasteiger partial charge is 0.377 e. The summed E-state index contributed by atoms with van der Waals surface area (Å²) >= 11 is 0. The first-order valence-corrected chi connectivity index (χ1v) is 10.9. The summed E-state index contributed by atoms with van der Waals surface area (Å²) < 4.78 is 31.3. The van der Waals surface area contributed by atoms with E-state index in [1.54, 1.807) is 0 Å². The molecule has 27 heavy (non-hydrogen) atoms. The van der Waals surface area contributed by atoms with Crippen LogP contribution in [-0.2, 0) is 15.6 Å². The minimum atomic E-state index is -3.95. The molecule has 0 amide bonds. The summed E-state index contributed by atoms with van der Waals surface area (Å²) in [5.41, 5.74) is 2.34. The minimum absolute atomic E-state index is 0.188. The lowest BCUT2D eigenvalue weighted by atomic mass is 9.75. The van der Waals surface area contributed by atoms with Crippen LogP contribution < -0.4 is 19.1 Å². The molecule has 0 bridgehead atoms. The largest absolute Gasteiger partial charge is 0.494 e. The zero-order valence-electron chi connectivity index (χ0n) is 15.5. The molecule has 0 aromatic heterocycles. The fourth-order valence-corrected chi connectivity index (χ4v) is 6.00. The van der Waals surface area contributed by atoms with Crippen LogP contribution in [-0.4, -0.2) is 34.7 Å². The molecule has 2 aliphatic heterocycles. The average Bonchev–Trinajstić information content (AvgIpc) is 2.95. The topological polar surface area (TPSA) is 81.4 Å². The number of quaternary nitrogens is 1. The number of rotatable bonds is 4. The Labute approximate surface area is 160 Å². The van der Waals surface area contributed by atoms with E-state index in [4.69, 9.17) is 9.88 Å². The SMILES string of the molecule is CCOc1ccc([N+]2(S(N)(=O)=O)CC3(CCNCC3)c3ccccc32)cc1. The van der Waals surface area contributed by atoms with Gasteiger partial charge in [-0.3, -0.25) is 0 Å². The molecule has 1 saturated heterocycles. The summed E-state index contributed by atoms with van der Waals surface area (Å²) in [6.07, 6.45) is 1.80. The van der Waals surface area contributed by atoms with Gasteiger partial charge in [-0.25, -0.2) is 0 Å². The molecule has 1 unspecified atom stereocenters. The summed E-state index contributed by atoms with van der Waals surface area (Å²) in [6, 6.07) is 15.2. The van der Waals surface area contributed by atoms with Crippen LogP contribution in [0, 0.1) is 0 Å². The number of piperidine rings is 1. The lowest BCUT2D eigenvalue weighted by molar-refractivity contribution is 0.296. The zero-order valence-corrected chi connectivity index (χ0v) is 16.3. The van der Waals surface area contributed by atoms with Gasteiger partial charge in [0.15, 0.2) is 11.4 Å². The van der Waals surface area contributed by atoms with Crippen LogP contribution in [0.15, 0.2) is 48.5 Å². The van der Waals surface area contributed by atoms with Crippen LogP contribution in [0.1, 0.15) is 25.3 Å². The van der Waals surface area contributed by atoms with Gasteiger partial charge in [-0.2, -0.15) is 13.6 Å². The van der Waals surface area contributed by atoms with Crippen LogP contribution in [0.4, 0.5) is 11.4 Å². The van der Waals surface area contributed by atoms with Gasteiger partial charge < -0.3 is 10.1 Å². The van der Waals surface area contributed by atoms with E-state index in [1.165, 1.54) is 0 Å². The number of para-hydroxylation sites is 1. The van der Waals surface area contributed by atoms with Crippen LogP contribution in [0.2, 0.25) is 0 Å². The number of nitrogens with two attached hydrogens (primary N) is 1. The normalized spacial score (nSPS) is 23.9. The number of benzene rings is 2. The van der Waals surface area contributed by atoms with Crippen molar-refractivity contribution in [2.45, 2.75) is 25.2 Å². The second-order valence-corrected chi connectivity index (χ2v) is 9.04. The molecule has 2 aliphatic rings. The number of nitrogens with one attached hydrogen (secondary N) is 1. The quantitative estimate of drug-likeness (QED) is 0.789. The van der Waals surface area contributed by atoms with Crippen LogP contribution in [0.25, 0.3) is 0 Å². The van der Waals surface area contributed by atoms with Crippen molar-refractivity contribution in [1.82, 2.24) is 9.21 Å². The highest BCUT2D eigenvalue weighted by molar-refractivity contribution is 7.89. The summed E-state index contributed by atoms with van der Waals surface area (Å²) in [6.45, 7) is 4.67. The molecule has 6 nitrogen and oxygen atoms in total. The zero-order chi connectivity index (χ0) is 19.1. The van der Waals surface area contributed by atoms with Gasteiger partial charge in [-0.05, 0) is 45.0 Å². The Morgan fingerprint density at radius 3 is 2.41 bits per heavy atom. The first-order chi connectivity index (χ1) is 12.9. The summed E-state index contributed by atoms with van der Waals surface area (Å²) in [7, 11) is -3.95. The molecular weight excluding hydrogens is 362 g/mol. The van der Waals surface area contributed by atoms with Gasteiger partial charge >= 0.3 is 10.2 Å². The molecule has 0 aliphatic carbocycles. The molecule has 3 N–H and O–H groups in total. The van der Waals surface area contributed by atoms with E-state index >= 15 is 0 Å². The molecule has 1 spiro atoms. The number of ether oxygens (including phenoxy) is 1. The third kappa shape index (κ3) is 2.77. The van der Waals surface area contributed by atoms with Crippen molar-refractivity contribution in [3.05, 3.63) is 54.1 Å². The van der Waals surface area contributed by atoms with Gasteiger partial charge in [-0.15, -0.1) is 3.89 Å². The lowest BCUT2D eigenvalue weighted by Gasteiger charge is -2.36. The van der Waals surface area contributed by atoms with E-state index < -0.39 is 10.2 Å². The monoisotopic (exact) mass is 388 g/mol. The highest BCUT2D eigenvalue weighted by Crippen LogP contribution is 2.54. The number of hydrogen-bond donors (Lipinski definition) is 2. The molecule has 1 atom stereocenters. The maximum absolute atomic E-state index is 13.1. The molecule has 1 fully saturated rings. The number of fused-ring (bicyclic) bond motifs is 2. The Balaban J connectivity index is 1.93. The molecule has 2 aromatic carbocycles. The molecule has 0 radical (unpaired) electrons. The Kier molecular flexibility index (Phi) is 4.50. The molecule has 2 heterocycles. The van der Waals surface area contributed by atoms with E-state index in [-0.39, 0.29) is 9.30 Å². The second-order valence-electron chi connectivity index (χ2n) is 7.39. The van der Waals surface area contributed by atoms with Crippen LogP contribution in [0.5, 0.6) is 5.75 Å². The van der Waals surface area contributed by atoms with Crippen molar-refractivity contribution in [3.8, 4) is 5.75 Å². The fourth-order valence-electron chi connectivity index (χ4n) is 4.72. The Bertz CT molecular complexity index is 937. The number of nitrogens with zero attached hydrogens (tertiary/aromatic N) is 1. The van der Waals surface area contributed by atoms with Gasteiger partial charge in [0.05, 0.1) is 12.0 Å². The van der Waals surface area contributed by atoms with Gasteiger partial charge in [0.25, 0.3) is 0 Å². The van der Waals surface area contributed by atoms with Gasteiger partial charge in [0.2, 0.25) is 0 Å². The van der Waals surface area contributed by atoms with Crippen LogP contribution >= 0.6 is 0 Å². The molecule has 2 aromatic rings. The molecule has 0 saturated carbocycles. The number of hydrogen-bond acceptors (Lipinski definition) is 4. The van der Waals surface area contributed by atoms with Gasteiger partial charge in [0, 0.05) is 23.8 Å². The van der Waals surface area contributed by atoms with Crippen molar-refractivity contribution < 1.29 is 13.2 Å². The second kappa shape index (κ2) is 6.60. The first-order valence-electron chi connectivity index (χ1n) is 9.38. The lowest BCUT2D eigenvalue weighted by Crippen LogP contribution is -2.56. The summed E-state index contributed by atoms with van der Waals surface area (Å²) in [5.74, 6) is 0.720. The average molecular weight is 389 g/mol. The van der Waals surface area contributed by atoms with Crippen molar-refractivity contribution in [2.75, 3.05) is 26.2 Å². The van der Waals surface area contributed by atoms with E-state index in [2.05, 4.69) is 11.4 Å². The predicted octanol–water partition coefficient (Wildman–Crippen LogP) is 2.56. The van der Waals surface area contributed by atoms with E-state index in [1.807, 2.05) is 49.4 Å². The Morgan fingerprint density at radius 1 is 1.11 bits per heavy atom. The molecular formula is C20H26N3O3S+. The van der Waals surface area contributed by atoms with Gasteiger partial charge in [-0.1, -0.05) is 18.2 Å². The van der Waals surface area contributed by atoms with Crippen molar-refractivity contribution >= 4 is 21.6 Å². The van der Waals surface area contributed by atoms with Gasteiger partial charge in [0.1, 0.15) is 12.3 Å². The Morgan fingerprint density at radius 2 is 1.78 bits per heavy atom. The maximum Gasteiger partial charge on any atom is 0.377 e. The molecule has 4 rings (SSSR count). The van der Waals surface area contributed by atoms with E-state index in [0.29, 0.717) is 18.8 Å². The molecule has 144 valence electrons.